The molecule has 2 aromatic rings. The molecular formula is C14H15N3O5. The highest BCUT2D eigenvalue weighted by atomic mass is 16.5. The van der Waals surface area contributed by atoms with Crippen molar-refractivity contribution in [2.75, 3.05) is 19.5 Å². The first-order valence-electron chi connectivity index (χ1n) is 6.27. The van der Waals surface area contributed by atoms with Crippen LogP contribution in [0.4, 0.5) is 10.5 Å². The maximum absolute atomic E-state index is 11.7. The van der Waals surface area contributed by atoms with Gasteiger partial charge in [-0.3, -0.25) is 10.2 Å². The van der Waals surface area contributed by atoms with Crippen molar-refractivity contribution in [2.24, 2.45) is 0 Å². The van der Waals surface area contributed by atoms with Gasteiger partial charge >= 0.3 is 11.9 Å². The van der Waals surface area contributed by atoms with Gasteiger partial charge in [-0.05, 0) is 24.3 Å². The largest absolute Gasteiger partial charge is 0.493 e. The fourth-order valence-corrected chi connectivity index (χ4v) is 1.66. The molecule has 8 nitrogen and oxygen atoms in total. The van der Waals surface area contributed by atoms with Gasteiger partial charge in [0.2, 0.25) is 0 Å². The first-order chi connectivity index (χ1) is 10.6. The van der Waals surface area contributed by atoms with Crippen LogP contribution in [0.25, 0.3) is 0 Å². The van der Waals surface area contributed by atoms with E-state index >= 15 is 0 Å². The fourth-order valence-electron chi connectivity index (χ4n) is 1.66. The Labute approximate surface area is 126 Å². The number of hydrogen-bond donors (Lipinski definition) is 3. The minimum absolute atomic E-state index is 0.0893. The number of amides is 3. The topological polar surface area (TPSA) is 102 Å². The average molecular weight is 305 g/mol. The molecule has 0 radical (unpaired) electrons. The Morgan fingerprint density at radius 2 is 1.82 bits per heavy atom. The summed E-state index contributed by atoms with van der Waals surface area (Å²) in [6.07, 6.45) is 1.36. The van der Waals surface area contributed by atoms with Gasteiger partial charge in [0.25, 0.3) is 0 Å². The van der Waals surface area contributed by atoms with E-state index in [1.54, 1.807) is 24.3 Å². The van der Waals surface area contributed by atoms with Crippen molar-refractivity contribution in [3.8, 4) is 11.5 Å². The first kappa shape index (κ1) is 15.2. The minimum Gasteiger partial charge on any atom is -0.493 e. The number of hydrazine groups is 1. The Bertz CT molecular complexity index is 655. The van der Waals surface area contributed by atoms with Crippen LogP contribution in [-0.2, 0) is 0 Å². The van der Waals surface area contributed by atoms with Crippen LogP contribution in [0.15, 0.2) is 41.0 Å². The van der Waals surface area contributed by atoms with E-state index in [2.05, 4.69) is 16.2 Å². The summed E-state index contributed by atoms with van der Waals surface area (Å²) in [6, 6.07) is 7.30. The summed E-state index contributed by atoms with van der Waals surface area (Å²) in [5, 5.41) is 2.54. The minimum atomic E-state index is -0.618. The maximum Gasteiger partial charge on any atom is 0.337 e. The number of benzene rings is 1. The van der Waals surface area contributed by atoms with Crippen molar-refractivity contribution in [3.63, 3.8) is 0 Å². The van der Waals surface area contributed by atoms with E-state index in [0.717, 1.165) is 0 Å². The number of carbonyl (C=O) groups is 2. The highest BCUT2D eigenvalue weighted by Crippen LogP contribution is 2.29. The summed E-state index contributed by atoms with van der Waals surface area (Å²) in [6.45, 7) is 0. The maximum atomic E-state index is 11.7. The molecule has 0 aliphatic carbocycles. The molecule has 0 aliphatic heterocycles. The molecule has 3 N–H and O–H groups in total. The Balaban J connectivity index is 1.90. The predicted octanol–water partition coefficient (Wildman–Crippen LogP) is 1.76. The van der Waals surface area contributed by atoms with Gasteiger partial charge < -0.3 is 19.2 Å². The molecule has 3 amide bonds. The van der Waals surface area contributed by atoms with Gasteiger partial charge in [-0.1, -0.05) is 0 Å². The van der Waals surface area contributed by atoms with E-state index in [1.807, 2.05) is 0 Å². The zero-order valence-corrected chi connectivity index (χ0v) is 12.0. The SMILES string of the molecule is COc1ccc(NC(=O)NNC(=O)c2ccco2)cc1OC. The number of rotatable bonds is 4. The van der Waals surface area contributed by atoms with Crippen molar-refractivity contribution < 1.29 is 23.5 Å². The molecule has 0 saturated carbocycles. The highest BCUT2D eigenvalue weighted by molar-refractivity contribution is 5.95. The number of carbonyl (C=O) groups excluding carboxylic acids is 2. The summed E-state index contributed by atoms with van der Waals surface area (Å²) in [7, 11) is 3.01. The second-order valence-corrected chi connectivity index (χ2v) is 4.08. The van der Waals surface area contributed by atoms with Gasteiger partial charge in [0.15, 0.2) is 17.3 Å². The Hall–Kier alpha value is -3.16. The van der Waals surface area contributed by atoms with Gasteiger partial charge in [-0.15, -0.1) is 0 Å². The fraction of sp³-hybridized carbons (Fsp3) is 0.143. The quantitative estimate of drug-likeness (QED) is 0.747. The van der Waals surface area contributed by atoms with Crippen LogP contribution in [0.5, 0.6) is 11.5 Å². The van der Waals surface area contributed by atoms with Gasteiger partial charge in [0.1, 0.15) is 0 Å². The zero-order chi connectivity index (χ0) is 15.9. The Morgan fingerprint density at radius 3 is 2.45 bits per heavy atom. The lowest BCUT2D eigenvalue weighted by Crippen LogP contribution is -2.43. The molecule has 0 fully saturated rings. The molecule has 0 aliphatic rings. The van der Waals surface area contributed by atoms with E-state index in [-0.39, 0.29) is 5.76 Å². The first-order valence-corrected chi connectivity index (χ1v) is 6.27. The van der Waals surface area contributed by atoms with Crippen molar-refractivity contribution >= 4 is 17.6 Å². The molecule has 1 heterocycles. The second-order valence-electron chi connectivity index (χ2n) is 4.08. The van der Waals surface area contributed by atoms with Crippen molar-refractivity contribution in [1.82, 2.24) is 10.9 Å². The van der Waals surface area contributed by atoms with Gasteiger partial charge in [-0.25, -0.2) is 10.2 Å². The van der Waals surface area contributed by atoms with Crippen LogP contribution in [0.1, 0.15) is 10.6 Å². The van der Waals surface area contributed by atoms with Crippen molar-refractivity contribution in [3.05, 3.63) is 42.4 Å². The summed E-state index contributed by atoms with van der Waals surface area (Å²) >= 11 is 0. The van der Waals surface area contributed by atoms with Crippen LogP contribution in [0, 0.1) is 0 Å². The van der Waals surface area contributed by atoms with Gasteiger partial charge in [0.05, 0.1) is 20.5 Å². The third kappa shape index (κ3) is 3.69. The molecule has 1 aromatic heterocycles. The summed E-state index contributed by atoms with van der Waals surface area (Å²) < 4.78 is 15.1. The second kappa shape index (κ2) is 7.02. The van der Waals surface area contributed by atoms with Crippen LogP contribution < -0.4 is 25.6 Å². The van der Waals surface area contributed by atoms with E-state index < -0.39 is 11.9 Å². The van der Waals surface area contributed by atoms with Crippen molar-refractivity contribution in [1.29, 1.82) is 0 Å². The molecule has 1 aromatic carbocycles. The number of methoxy groups -OCH3 is 2. The number of furan rings is 1. The number of nitrogens with one attached hydrogen (secondary N) is 3. The molecule has 0 unspecified atom stereocenters. The summed E-state index contributed by atoms with van der Waals surface area (Å²) in [4.78, 5) is 23.3. The average Bonchev–Trinajstić information content (AvgIpc) is 3.07. The normalized spacial score (nSPS) is 9.73. The van der Waals surface area contributed by atoms with Crippen molar-refractivity contribution in [2.45, 2.75) is 0 Å². The van der Waals surface area contributed by atoms with Crippen LogP contribution >= 0.6 is 0 Å². The number of anilines is 1. The molecule has 2 rings (SSSR count). The number of ether oxygens (including phenoxy) is 2. The molecule has 0 atom stereocenters. The lowest BCUT2D eigenvalue weighted by atomic mass is 10.3. The van der Waals surface area contributed by atoms with E-state index in [1.165, 1.54) is 26.5 Å². The lowest BCUT2D eigenvalue weighted by Gasteiger charge is -2.11. The Kier molecular flexibility index (Phi) is 4.86. The third-order valence-corrected chi connectivity index (χ3v) is 2.68. The molecule has 0 spiro atoms. The van der Waals surface area contributed by atoms with E-state index in [9.17, 15) is 9.59 Å². The van der Waals surface area contributed by atoms with Crippen LogP contribution in [-0.4, -0.2) is 26.2 Å². The molecule has 0 bridgehead atoms. The van der Waals surface area contributed by atoms with Crippen LogP contribution in [0.3, 0.4) is 0 Å². The molecule has 22 heavy (non-hydrogen) atoms. The smallest absolute Gasteiger partial charge is 0.337 e. The molecule has 8 heteroatoms. The lowest BCUT2D eigenvalue weighted by molar-refractivity contribution is 0.0910. The molecule has 0 saturated heterocycles. The van der Waals surface area contributed by atoms with Gasteiger partial charge in [0, 0.05) is 11.8 Å². The number of urea groups is 1. The van der Waals surface area contributed by atoms with Gasteiger partial charge in [-0.2, -0.15) is 0 Å². The standard InChI is InChI=1S/C14H15N3O5/c1-20-10-6-5-9(8-12(10)21-2)15-14(19)17-16-13(18)11-4-3-7-22-11/h3-8H,1-2H3,(H,16,18)(H2,15,17,19). The third-order valence-electron chi connectivity index (χ3n) is 2.68. The monoisotopic (exact) mass is 305 g/mol. The summed E-state index contributed by atoms with van der Waals surface area (Å²) in [5.74, 6) is 0.540. The molecular weight excluding hydrogens is 290 g/mol. The highest BCUT2D eigenvalue weighted by Gasteiger charge is 2.10. The van der Waals surface area contributed by atoms with Crippen LogP contribution in [0.2, 0.25) is 0 Å². The number of hydrogen-bond acceptors (Lipinski definition) is 5. The predicted molar refractivity (Wildman–Crippen MR) is 77.9 cm³/mol. The molecule has 116 valence electrons. The zero-order valence-electron chi connectivity index (χ0n) is 12.0. The Morgan fingerprint density at radius 1 is 1.05 bits per heavy atom. The summed E-state index contributed by atoms with van der Waals surface area (Å²) in [5.41, 5.74) is 4.88. The van der Waals surface area contributed by atoms with E-state index in [0.29, 0.717) is 17.2 Å². The van der Waals surface area contributed by atoms with E-state index in [4.69, 9.17) is 13.9 Å².